The van der Waals surface area contributed by atoms with Crippen LogP contribution in [-0.4, -0.2) is 25.2 Å². The molecule has 0 radical (unpaired) electrons. The van der Waals surface area contributed by atoms with Crippen molar-refractivity contribution in [2.24, 2.45) is 0 Å². The van der Waals surface area contributed by atoms with E-state index in [1.807, 2.05) is 30.3 Å². The molecule has 0 bridgehead atoms. The van der Waals surface area contributed by atoms with Crippen LogP contribution in [0.3, 0.4) is 0 Å². The van der Waals surface area contributed by atoms with Gasteiger partial charge < -0.3 is 20.1 Å². The second-order valence-corrected chi connectivity index (χ2v) is 6.30. The Kier molecular flexibility index (Phi) is 5.96. The van der Waals surface area contributed by atoms with Gasteiger partial charge >= 0.3 is 0 Å². The first kappa shape index (κ1) is 18.1. The molecule has 0 aliphatic carbocycles. The van der Waals surface area contributed by atoms with E-state index in [4.69, 9.17) is 21.1 Å². The largest absolute Gasteiger partial charge is 0.454 e. The normalized spacial score (nSPS) is 11.9. The van der Waals surface area contributed by atoms with Gasteiger partial charge in [0.25, 0.3) is 0 Å². The van der Waals surface area contributed by atoms with Crippen LogP contribution >= 0.6 is 11.6 Å². The second-order valence-electron chi connectivity index (χ2n) is 5.87. The van der Waals surface area contributed by atoms with Crippen LogP contribution in [0, 0.1) is 0 Å². The van der Waals surface area contributed by atoms with E-state index < -0.39 is 0 Å². The van der Waals surface area contributed by atoms with Gasteiger partial charge in [0.15, 0.2) is 11.5 Å². The molecular formula is C19H19ClN2O4. The molecule has 1 aliphatic rings. The molecule has 0 spiro atoms. The Morgan fingerprint density at radius 3 is 2.46 bits per heavy atom. The molecular weight excluding hydrogens is 356 g/mol. The predicted molar refractivity (Wildman–Crippen MR) is 97.2 cm³/mol. The molecule has 2 amide bonds. The number of carbonyl (C=O) groups is 2. The van der Waals surface area contributed by atoms with E-state index in [-0.39, 0.29) is 25.2 Å². The molecule has 0 fully saturated rings. The number of nitrogens with one attached hydrogen (secondary N) is 2. The number of halogens is 1. The molecule has 136 valence electrons. The summed E-state index contributed by atoms with van der Waals surface area (Å²) in [6, 6.07) is 12.8. The van der Waals surface area contributed by atoms with Gasteiger partial charge in [0.2, 0.25) is 18.6 Å². The summed E-state index contributed by atoms with van der Waals surface area (Å²) < 4.78 is 10.6. The van der Waals surface area contributed by atoms with Gasteiger partial charge in [-0.2, -0.15) is 0 Å². The second kappa shape index (κ2) is 8.58. The maximum absolute atomic E-state index is 11.9. The molecule has 2 N–H and O–H groups in total. The number of carbonyl (C=O) groups excluding carboxylic acids is 2. The number of aryl methyl sites for hydroxylation is 1. The summed E-state index contributed by atoms with van der Waals surface area (Å²) in [5.41, 5.74) is 1.92. The van der Waals surface area contributed by atoms with Crippen molar-refractivity contribution in [2.45, 2.75) is 19.4 Å². The fourth-order valence-corrected chi connectivity index (χ4v) is 2.61. The van der Waals surface area contributed by atoms with Gasteiger partial charge in [-0.25, -0.2) is 0 Å². The Morgan fingerprint density at radius 1 is 0.923 bits per heavy atom. The standard InChI is InChI=1S/C19H19ClN2O4/c20-15-5-1-14(2-6-15)10-21-19(24)11-22-18(23)8-4-13-3-7-16-17(9-13)26-12-25-16/h1-3,5-7,9H,4,8,10-12H2,(H,21,24)(H,22,23). The van der Waals surface area contributed by atoms with Crippen LogP contribution in [0.1, 0.15) is 17.5 Å². The van der Waals surface area contributed by atoms with Crippen LogP contribution < -0.4 is 20.1 Å². The molecule has 0 saturated carbocycles. The van der Waals surface area contributed by atoms with E-state index in [1.165, 1.54) is 0 Å². The summed E-state index contributed by atoms with van der Waals surface area (Å²) in [5.74, 6) is 1.00. The molecule has 1 aliphatic heterocycles. The van der Waals surface area contributed by atoms with Gasteiger partial charge in [-0.15, -0.1) is 0 Å². The van der Waals surface area contributed by atoms with E-state index in [0.717, 1.165) is 16.9 Å². The smallest absolute Gasteiger partial charge is 0.239 e. The monoisotopic (exact) mass is 374 g/mol. The molecule has 26 heavy (non-hydrogen) atoms. The van der Waals surface area contributed by atoms with Crippen LogP contribution in [-0.2, 0) is 22.6 Å². The minimum Gasteiger partial charge on any atom is -0.454 e. The Labute approximate surface area is 156 Å². The van der Waals surface area contributed by atoms with Gasteiger partial charge in [-0.1, -0.05) is 29.8 Å². The van der Waals surface area contributed by atoms with Crippen molar-refractivity contribution in [1.29, 1.82) is 0 Å². The molecule has 1 heterocycles. The Morgan fingerprint density at radius 2 is 1.65 bits per heavy atom. The van der Waals surface area contributed by atoms with Gasteiger partial charge in [-0.3, -0.25) is 9.59 Å². The predicted octanol–water partition coefficient (Wildman–Crippen LogP) is 2.43. The zero-order valence-electron chi connectivity index (χ0n) is 14.1. The minimum absolute atomic E-state index is 0.0481. The highest BCUT2D eigenvalue weighted by Crippen LogP contribution is 2.32. The number of hydrogen-bond donors (Lipinski definition) is 2. The molecule has 6 nitrogen and oxygen atoms in total. The number of rotatable bonds is 7. The molecule has 0 atom stereocenters. The third kappa shape index (κ3) is 5.13. The molecule has 0 aromatic heterocycles. The lowest BCUT2D eigenvalue weighted by Gasteiger charge is -2.08. The average molecular weight is 375 g/mol. The topological polar surface area (TPSA) is 76.7 Å². The average Bonchev–Trinajstić information content (AvgIpc) is 3.12. The number of ether oxygens (including phenoxy) is 2. The Balaban J connectivity index is 1.35. The molecule has 3 rings (SSSR count). The van der Waals surface area contributed by atoms with Crippen molar-refractivity contribution in [3.05, 3.63) is 58.6 Å². The third-order valence-corrected chi connectivity index (χ3v) is 4.18. The number of benzene rings is 2. The first-order valence-electron chi connectivity index (χ1n) is 8.26. The first-order chi connectivity index (χ1) is 12.6. The van der Waals surface area contributed by atoms with E-state index >= 15 is 0 Å². The summed E-state index contributed by atoms with van der Waals surface area (Å²) >= 11 is 5.81. The van der Waals surface area contributed by atoms with Crippen molar-refractivity contribution >= 4 is 23.4 Å². The van der Waals surface area contributed by atoms with Crippen LogP contribution in [0.25, 0.3) is 0 Å². The summed E-state index contributed by atoms with van der Waals surface area (Å²) in [5, 5.41) is 6.02. The highest BCUT2D eigenvalue weighted by atomic mass is 35.5. The molecule has 2 aromatic carbocycles. The van der Waals surface area contributed by atoms with Crippen LogP contribution in [0.4, 0.5) is 0 Å². The Hall–Kier alpha value is -2.73. The fourth-order valence-electron chi connectivity index (χ4n) is 2.49. The molecule has 2 aromatic rings. The zero-order chi connectivity index (χ0) is 18.4. The van der Waals surface area contributed by atoms with Crippen molar-refractivity contribution in [1.82, 2.24) is 10.6 Å². The van der Waals surface area contributed by atoms with E-state index in [0.29, 0.717) is 30.2 Å². The van der Waals surface area contributed by atoms with Gasteiger partial charge in [0.05, 0.1) is 6.54 Å². The van der Waals surface area contributed by atoms with Crippen LogP contribution in [0.2, 0.25) is 5.02 Å². The summed E-state index contributed by atoms with van der Waals surface area (Å²) in [6.07, 6.45) is 0.860. The molecule has 0 unspecified atom stereocenters. The van der Waals surface area contributed by atoms with Gasteiger partial charge in [-0.05, 0) is 41.8 Å². The van der Waals surface area contributed by atoms with Gasteiger partial charge in [0.1, 0.15) is 0 Å². The lowest BCUT2D eigenvalue weighted by Crippen LogP contribution is -2.36. The number of hydrogen-bond acceptors (Lipinski definition) is 4. The van der Waals surface area contributed by atoms with E-state index in [2.05, 4.69) is 10.6 Å². The maximum Gasteiger partial charge on any atom is 0.239 e. The van der Waals surface area contributed by atoms with Crippen molar-refractivity contribution in [3.63, 3.8) is 0 Å². The first-order valence-corrected chi connectivity index (χ1v) is 8.64. The lowest BCUT2D eigenvalue weighted by molar-refractivity contribution is -0.126. The maximum atomic E-state index is 11.9. The van der Waals surface area contributed by atoms with E-state index in [1.54, 1.807) is 12.1 Å². The molecule has 7 heteroatoms. The highest BCUT2D eigenvalue weighted by Gasteiger charge is 2.13. The number of amides is 2. The minimum atomic E-state index is -0.239. The Bertz CT molecular complexity index is 793. The summed E-state index contributed by atoms with van der Waals surface area (Å²) in [4.78, 5) is 23.7. The van der Waals surface area contributed by atoms with Crippen LogP contribution in [0.15, 0.2) is 42.5 Å². The third-order valence-electron chi connectivity index (χ3n) is 3.93. The zero-order valence-corrected chi connectivity index (χ0v) is 14.8. The van der Waals surface area contributed by atoms with Crippen molar-refractivity contribution in [3.8, 4) is 11.5 Å². The summed E-state index contributed by atoms with van der Waals surface area (Å²) in [7, 11) is 0. The molecule has 0 saturated heterocycles. The van der Waals surface area contributed by atoms with Crippen molar-refractivity contribution < 1.29 is 19.1 Å². The van der Waals surface area contributed by atoms with Crippen molar-refractivity contribution in [2.75, 3.05) is 13.3 Å². The quantitative estimate of drug-likeness (QED) is 0.780. The highest BCUT2D eigenvalue weighted by molar-refractivity contribution is 6.30. The fraction of sp³-hybridized carbons (Fsp3) is 0.263. The van der Waals surface area contributed by atoms with Gasteiger partial charge in [0, 0.05) is 18.0 Å². The summed E-state index contributed by atoms with van der Waals surface area (Å²) in [6.45, 7) is 0.570. The number of fused-ring (bicyclic) bond motifs is 1. The van der Waals surface area contributed by atoms with E-state index in [9.17, 15) is 9.59 Å². The SMILES string of the molecule is O=C(CCc1ccc2c(c1)OCO2)NCC(=O)NCc1ccc(Cl)cc1. The lowest BCUT2D eigenvalue weighted by atomic mass is 10.1. The van der Waals surface area contributed by atoms with Crippen LogP contribution in [0.5, 0.6) is 11.5 Å².